The number of aryl methyl sites for hydroxylation is 1. The van der Waals surface area contributed by atoms with Gasteiger partial charge in [0.1, 0.15) is 11.0 Å². The average Bonchev–Trinajstić information content (AvgIpc) is 2.58. The first kappa shape index (κ1) is 13.1. The second-order valence-corrected chi connectivity index (χ2v) is 5.76. The van der Waals surface area contributed by atoms with Crippen LogP contribution < -0.4 is 4.72 Å². The molecule has 2 rings (SSSR count). The van der Waals surface area contributed by atoms with Crippen LogP contribution in [0.4, 0.5) is 5.82 Å². The van der Waals surface area contributed by atoms with Gasteiger partial charge >= 0.3 is 0 Å². The number of halogens is 2. The van der Waals surface area contributed by atoms with E-state index in [-0.39, 0.29) is 21.0 Å². The van der Waals surface area contributed by atoms with Crippen molar-refractivity contribution >= 4 is 39.0 Å². The fourth-order valence-corrected chi connectivity index (χ4v) is 3.18. The van der Waals surface area contributed by atoms with Crippen LogP contribution in [-0.2, 0) is 17.1 Å². The summed E-state index contributed by atoms with van der Waals surface area (Å²) >= 11 is 11.4. The Kier molecular flexibility index (Phi) is 3.47. The lowest BCUT2D eigenvalue weighted by molar-refractivity contribution is 0.582. The molecule has 2 aromatic heterocycles. The third-order valence-corrected chi connectivity index (χ3v) is 4.12. The third-order valence-electron chi connectivity index (χ3n) is 2.05. The van der Waals surface area contributed by atoms with Gasteiger partial charge in [-0.05, 0) is 12.1 Å². The molecule has 1 N–H and O–H groups in total. The molecule has 0 bridgehead atoms. The second kappa shape index (κ2) is 4.75. The van der Waals surface area contributed by atoms with Gasteiger partial charge in [-0.2, -0.15) is 13.5 Å². The van der Waals surface area contributed by atoms with Crippen LogP contribution in [0, 0.1) is 0 Å². The third kappa shape index (κ3) is 2.58. The number of rotatable bonds is 3. The normalized spacial score (nSPS) is 11.5. The van der Waals surface area contributed by atoms with Gasteiger partial charge in [-0.3, -0.25) is 9.40 Å². The van der Waals surface area contributed by atoms with Gasteiger partial charge < -0.3 is 0 Å². The minimum atomic E-state index is -3.85. The van der Waals surface area contributed by atoms with Gasteiger partial charge in [-0.15, -0.1) is 0 Å². The number of nitrogens with zero attached hydrogens (tertiary/aromatic N) is 3. The molecule has 6 nitrogen and oxygen atoms in total. The molecule has 0 unspecified atom stereocenters. The Morgan fingerprint density at radius 3 is 2.61 bits per heavy atom. The minimum absolute atomic E-state index is 0.0343. The summed E-state index contributed by atoms with van der Waals surface area (Å²) in [5, 5.41) is 3.85. The molecular weight excluding hydrogens is 299 g/mol. The summed E-state index contributed by atoms with van der Waals surface area (Å²) in [4.78, 5) is 3.83. The van der Waals surface area contributed by atoms with E-state index in [1.165, 1.54) is 25.4 Å². The van der Waals surface area contributed by atoms with Crippen molar-refractivity contribution in [3.8, 4) is 0 Å². The molecule has 0 atom stereocenters. The molecule has 96 valence electrons. The highest BCUT2D eigenvalue weighted by molar-refractivity contribution is 7.92. The van der Waals surface area contributed by atoms with E-state index in [0.29, 0.717) is 0 Å². The van der Waals surface area contributed by atoms with E-state index < -0.39 is 10.0 Å². The Hall–Kier alpha value is -1.31. The summed E-state index contributed by atoms with van der Waals surface area (Å²) in [7, 11) is -2.37. The first-order chi connectivity index (χ1) is 8.40. The predicted molar refractivity (Wildman–Crippen MR) is 68.3 cm³/mol. The summed E-state index contributed by atoms with van der Waals surface area (Å²) in [5.41, 5.74) is 0. The van der Waals surface area contributed by atoms with E-state index in [0.717, 1.165) is 4.68 Å². The van der Waals surface area contributed by atoms with Crippen molar-refractivity contribution in [2.75, 3.05) is 4.72 Å². The maximum absolute atomic E-state index is 12.1. The Bertz CT molecular complexity index is 664. The molecule has 0 spiro atoms. The zero-order chi connectivity index (χ0) is 13.3. The molecule has 0 saturated heterocycles. The Balaban J connectivity index is 2.39. The number of hydrogen-bond donors (Lipinski definition) is 1. The number of sulfonamides is 1. The van der Waals surface area contributed by atoms with Crippen LogP contribution in [0.25, 0.3) is 0 Å². The fraction of sp³-hybridized carbons (Fsp3) is 0.111. The highest BCUT2D eigenvalue weighted by atomic mass is 35.5. The topological polar surface area (TPSA) is 76.9 Å². The molecule has 0 aliphatic rings. The van der Waals surface area contributed by atoms with Crippen molar-refractivity contribution in [3.63, 3.8) is 0 Å². The molecule has 0 amide bonds. The predicted octanol–water partition coefficient (Wildman–Crippen LogP) is 1.92. The maximum Gasteiger partial charge on any atom is 0.281 e. The largest absolute Gasteiger partial charge is 0.281 e. The Morgan fingerprint density at radius 2 is 2.06 bits per heavy atom. The molecule has 0 aliphatic heterocycles. The zero-order valence-corrected chi connectivity index (χ0v) is 11.5. The molecular formula is C9H8Cl2N4O2S. The lowest BCUT2D eigenvalue weighted by Gasteiger charge is -2.07. The molecule has 9 heteroatoms. The van der Waals surface area contributed by atoms with Crippen molar-refractivity contribution in [2.45, 2.75) is 5.03 Å². The van der Waals surface area contributed by atoms with Gasteiger partial charge in [0, 0.05) is 7.05 Å². The van der Waals surface area contributed by atoms with E-state index in [2.05, 4.69) is 14.8 Å². The lowest BCUT2D eigenvalue weighted by atomic mass is 10.5. The highest BCUT2D eigenvalue weighted by Gasteiger charge is 2.23. The van der Waals surface area contributed by atoms with Gasteiger partial charge in [0.05, 0.1) is 11.2 Å². The highest BCUT2D eigenvalue weighted by Crippen LogP contribution is 2.22. The van der Waals surface area contributed by atoms with E-state index >= 15 is 0 Å². The first-order valence-corrected chi connectivity index (χ1v) is 6.97. The van der Waals surface area contributed by atoms with Crippen LogP contribution in [0.5, 0.6) is 0 Å². The molecule has 18 heavy (non-hydrogen) atoms. The van der Waals surface area contributed by atoms with Crippen molar-refractivity contribution < 1.29 is 8.42 Å². The van der Waals surface area contributed by atoms with Crippen LogP contribution >= 0.6 is 23.2 Å². The molecule has 0 fully saturated rings. The van der Waals surface area contributed by atoms with Crippen LogP contribution in [0.3, 0.4) is 0 Å². The van der Waals surface area contributed by atoms with E-state index in [9.17, 15) is 8.42 Å². The van der Waals surface area contributed by atoms with Crippen molar-refractivity contribution in [1.82, 2.24) is 14.8 Å². The SMILES string of the molecule is Cn1ncc(Cl)c1S(=O)(=O)Nc1cccc(Cl)n1. The standard InChI is InChI=1S/C9H8Cl2N4O2S/c1-15-9(6(10)5-12-15)18(16,17)14-8-4-2-3-7(11)13-8/h2-5H,1H3,(H,13,14). The Labute approximate surface area is 114 Å². The quantitative estimate of drug-likeness (QED) is 0.879. The lowest BCUT2D eigenvalue weighted by Crippen LogP contribution is -2.17. The van der Waals surface area contributed by atoms with Crippen LogP contribution in [0.1, 0.15) is 0 Å². The molecule has 0 radical (unpaired) electrons. The Morgan fingerprint density at radius 1 is 1.33 bits per heavy atom. The zero-order valence-electron chi connectivity index (χ0n) is 9.13. The maximum atomic E-state index is 12.1. The average molecular weight is 307 g/mol. The van der Waals surface area contributed by atoms with Crippen LogP contribution in [0.15, 0.2) is 29.4 Å². The molecule has 0 aromatic carbocycles. The van der Waals surface area contributed by atoms with Gasteiger partial charge in [0.25, 0.3) is 10.0 Å². The number of nitrogens with one attached hydrogen (secondary N) is 1. The molecule has 2 aromatic rings. The van der Waals surface area contributed by atoms with Crippen molar-refractivity contribution in [3.05, 3.63) is 34.6 Å². The molecule has 0 saturated carbocycles. The summed E-state index contributed by atoms with van der Waals surface area (Å²) in [6.07, 6.45) is 1.25. The smallest absolute Gasteiger partial charge is 0.262 e. The van der Waals surface area contributed by atoms with Crippen molar-refractivity contribution in [2.24, 2.45) is 7.05 Å². The summed E-state index contributed by atoms with van der Waals surface area (Å²) in [6.45, 7) is 0. The minimum Gasteiger partial charge on any atom is -0.262 e. The molecule has 0 aliphatic carbocycles. The van der Waals surface area contributed by atoms with E-state index in [1.54, 1.807) is 6.07 Å². The van der Waals surface area contributed by atoms with Gasteiger partial charge in [0.15, 0.2) is 5.03 Å². The number of hydrogen-bond acceptors (Lipinski definition) is 4. The summed E-state index contributed by atoms with van der Waals surface area (Å²) < 4.78 is 27.6. The second-order valence-electron chi connectivity index (χ2n) is 3.37. The number of pyridine rings is 1. The van der Waals surface area contributed by atoms with Gasteiger partial charge in [-0.1, -0.05) is 29.3 Å². The van der Waals surface area contributed by atoms with Crippen LogP contribution in [0.2, 0.25) is 10.2 Å². The molecule has 2 heterocycles. The van der Waals surface area contributed by atoms with Gasteiger partial charge in [-0.25, -0.2) is 4.98 Å². The van der Waals surface area contributed by atoms with E-state index in [4.69, 9.17) is 23.2 Å². The summed E-state index contributed by atoms with van der Waals surface area (Å²) in [5.74, 6) is 0.111. The number of aromatic nitrogens is 3. The number of anilines is 1. The summed E-state index contributed by atoms with van der Waals surface area (Å²) in [6, 6.07) is 4.60. The van der Waals surface area contributed by atoms with E-state index in [1.807, 2.05) is 0 Å². The monoisotopic (exact) mass is 306 g/mol. The van der Waals surface area contributed by atoms with Crippen molar-refractivity contribution in [1.29, 1.82) is 0 Å². The fourth-order valence-electron chi connectivity index (χ4n) is 1.35. The first-order valence-electron chi connectivity index (χ1n) is 4.73. The van der Waals surface area contributed by atoms with Gasteiger partial charge in [0.2, 0.25) is 0 Å². The van der Waals surface area contributed by atoms with Crippen LogP contribution in [-0.4, -0.2) is 23.2 Å².